The predicted molar refractivity (Wildman–Crippen MR) is 115 cm³/mol. The maximum absolute atomic E-state index is 12.5. The maximum Gasteiger partial charge on any atom is 0.273 e. The van der Waals surface area contributed by atoms with Crippen LogP contribution in [0.4, 0.5) is 5.69 Å². The van der Waals surface area contributed by atoms with Gasteiger partial charge in [-0.3, -0.25) is 25.2 Å². The van der Waals surface area contributed by atoms with Crippen LogP contribution in [0.1, 0.15) is 54.3 Å². The van der Waals surface area contributed by atoms with E-state index in [0.717, 1.165) is 6.42 Å². The molecule has 0 radical (unpaired) electrons. The molecule has 0 aliphatic carbocycles. The summed E-state index contributed by atoms with van der Waals surface area (Å²) in [6, 6.07) is 11.5. The normalized spacial score (nSPS) is 10.4. The first-order valence-corrected chi connectivity index (χ1v) is 10.1. The molecule has 0 unspecified atom stereocenters. The van der Waals surface area contributed by atoms with Crippen molar-refractivity contribution in [3.8, 4) is 5.75 Å². The van der Waals surface area contributed by atoms with Gasteiger partial charge in [0, 0.05) is 22.1 Å². The molecule has 7 nitrogen and oxygen atoms in total. The molecule has 154 valence electrons. The Morgan fingerprint density at radius 1 is 1.00 bits per heavy atom. The van der Waals surface area contributed by atoms with E-state index in [9.17, 15) is 14.4 Å². The van der Waals surface area contributed by atoms with Gasteiger partial charge < -0.3 is 10.1 Å². The first-order chi connectivity index (χ1) is 13.8. The van der Waals surface area contributed by atoms with E-state index in [1.54, 1.807) is 42.5 Å². The summed E-state index contributed by atoms with van der Waals surface area (Å²) in [5.74, 6) is -0.641. The summed E-state index contributed by atoms with van der Waals surface area (Å²) in [5, 5.41) is 2.75. The highest BCUT2D eigenvalue weighted by Gasteiger charge is 2.16. The Bertz CT molecular complexity index is 882. The van der Waals surface area contributed by atoms with Crippen LogP contribution in [0.15, 0.2) is 46.9 Å². The van der Waals surface area contributed by atoms with Crippen molar-refractivity contribution in [1.82, 2.24) is 10.9 Å². The van der Waals surface area contributed by atoms with Gasteiger partial charge in [-0.1, -0.05) is 22.9 Å². The standard InChI is InChI=1S/C21H24BrN3O4/c1-4-5-19(26)23-16-9-6-14(7-10-16)20(27)24-25-21(28)17-12-15(22)8-11-18(17)29-13(2)3/h6-13H,4-5H2,1-3H3,(H,23,26)(H,24,27)(H,25,28). The molecule has 2 rings (SSSR count). The molecule has 0 atom stereocenters. The van der Waals surface area contributed by atoms with E-state index in [4.69, 9.17) is 4.74 Å². The zero-order valence-corrected chi connectivity index (χ0v) is 18.1. The zero-order valence-electron chi connectivity index (χ0n) is 16.5. The van der Waals surface area contributed by atoms with Gasteiger partial charge in [0.2, 0.25) is 5.91 Å². The maximum atomic E-state index is 12.5. The largest absolute Gasteiger partial charge is 0.490 e. The van der Waals surface area contributed by atoms with E-state index >= 15 is 0 Å². The fourth-order valence-corrected chi connectivity index (χ4v) is 2.81. The molecule has 0 aliphatic rings. The number of rotatable bonds is 7. The van der Waals surface area contributed by atoms with Crippen molar-refractivity contribution < 1.29 is 19.1 Å². The minimum absolute atomic E-state index is 0.0783. The van der Waals surface area contributed by atoms with Crippen LogP contribution in [0.5, 0.6) is 5.75 Å². The van der Waals surface area contributed by atoms with Gasteiger partial charge in [0.25, 0.3) is 11.8 Å². The van der Waals surface area contributed by atoms with Crippen molar-refractivity contribution in [2.75, 3.05) is 5.32 Å². The van der Waals surface area contributed by atoms with Crippen LogP contribution in [-0.4, -0.2) is 23.8 Å². The van der Waals surface area contributed by atoms with Crippen LogP contribution in [-0.2, 0) is 4.79 Å². The van der Waals surface area contributed by atoms with E-state index < -0.39 is 11.8 Å². The number of ether oxygens (including phenoxy) is 1. The summed E-state index contributed by atoms with van der Waals surface area (Å²) in [4.78, 5) is 36.4. The molecule has 2 aromatic rings. The summed E-state index contributed by atoms with van der Waals surface area (Å²) in [6.45, 7) is 5.65. The summed E-state index contributed by atoms with van der Waals surface area (Å²) in [6.07, 6.45) is 1.09. The molecule has 0 fully saturated rings. The first-order valence-electron chi connectivity index (χ1n) is 9.27. The number of nitrogens with one attached hydrogen (secondary N) is 3. The van der Waals surface area contributed by atoms with Crippen molar-refractivity contribution >= 4 is 39.3 Å². The Hall–Kier alpha value is -2.87. The van der Waals surface area contributed by atoms with Crippen LogP contribution < -0.4 is 20.9 Å². The minimum Gasteiger partial charge on any atom is -0.490 e. The van der Waals surface area contributed by atoms with Crippen molar-refractivity contribution in [2.45, 2.75) is 39.7 Å². The topological polar surface area (TPSA) is 96.5 Å². The zero-order chi connectivity index (χ0) is 21.4. The van der Waals surface area contributed by atoms with Crippen LogP contribution in [0.25, 0.3) is 0 Å². The van der Waals surface area contributed by atoms with E-state index in [1.807, 2.05) is 20.8 Å². The molecule has 0 aliphatic heterocycles. The number of hydrazine groups is 1. The number of anilines is 1. The highest BCUT2D eigenvalue weighted by Crippen LogP contribution is 2.24. The number of benzene rings is 2. The van der Waals surface area contributed by atoms with Gasteiger partial charge in [-0.05, 0) is 62.7 Å². The number of hydrogen-bond donors (Lipinski definition) is 3. The summed E-state index contributed by atoms with van der Waals surface area (Å²) in [5.41, 5.74) is 6.01. The van der Waals surface area contributed by atoms with Gasteiger partial charge in [0.15, 0.2) is 0 Å². The Balaban J connectivity index is 1.99. The lowest BCUT2D eigenvalue weighted by molar-refractivity contribution is -0.116. The van der Waals surface area contributed by atoms with E-state index in [2.05, 4.69) is 32.1 Å². The van der Waals surface area contributed by atoms with Crippen molar-refractivity contribution in [3.63, 3.8) is 0 Å². The van der Waals surface area contributed by atoms with Crippen molar-refractivity contribution in [1.29, 1.82) is 0 Å². The summed E-state index contributed by atoms with van der Waals surface area (Å²) >= 11 is 3.33. The third kappa shape index (κ3) is 6.90. The molecule has 3 amide bonds. The van der Waals surface area contributed by atoms with E-state index in [-0.39, 0.29) is 12.0 Å². The Labute approximate surface area is 178 Å². The molecule has 29 heavy (non-hydrogen) atoms. The smallest absolute Gasteiger partial charge is 0.273 e. The lowest BCUT2D eigenvalue weighted by atomic mass is 10.2. The molecule has 8 heteroatoms. The van der Waals surface area contributed by atoms with Gasteiger partial charge in [-0.15, -0.1) is 0 Å². The molecule has 0 heterocycles. The number of carbonyl (C=O) groups excluding carboxylic acids is 3. The monoisotopic (exact) mass is 461 g/mol. The lowest BCUT2D eigenvalue weighted by Gasteiger charge is -2.15. The van der Waals surface area contributed by atoms with Crippen LogP contribution >= 0.6 is 15.9 Å². The Kier molecular flexibility index (Phi) is 8.21. The highest BCUT2D eigenvalue weighted by atomic mass is 79.9. The number of carbonyl (C=O) groups is 3. The van der Waals surface area contributed by atoms with Gasteiger partial charge in [0.05, 0.1) is 11.7 Å². The van der Waals surface area contributed by atoms with Crippen molar-refractivity contribution in [3.05, 3.63) is 58.1 Å². The summed E-state index contributed by atoms with van der Waals surface area (Å²) < 4.78 is 6.36. The van der Waals surface area contributed by atoms with Gasteiger partial charge in [-0.2, -0.15) is 0 Å². The molecule has 0 saturated heterocycles. The lowest BCUT2D eigenvalue weighted by Crippen LogP contribution is -2.41. The molecular formula is C21H24BrN3O4. The number of hydrogen-bond acceptors (Lipinski definition) is 4. The molecule has 2 aromatic carbocycles. The molecule has 0 bridgehead atoms. The van der Waals surface area contributed by atoms with Crippen LogP contribution in [0, 0.1) is 0 Å². The Morgan fingerprint density at radius 2 is 1.66 bits per heavy atom. The van der Waals surface area contributed by atoms with Gasteiger partial charge in [-0.25, -0.2) is 0 Å². The highest BCUT2D eigenvalue weighted by molar-refractivity contribution is 9.10. The minimum atomic E-state index is -0.501. The fraction of sp³-hybridized carbons (Fsp3) is 0.286. The van der Waals surface area contributed by atoms with Gasteiger partial charge in [0.1, 0.15) is 5.75 Å². The average Bonchev–Trinajstić information content (AvgIpc) is 2.67. The first kappa shape index (κ1) is 22.4. The van der Waals surface area contributed by atoms with E-state index in [0.29, 0.717) is 33.5 Å². The molecular weight excluding hydrogens is 438 g/mol. The van der Waals surface area contributed by atoms with Crippen LogP contribution in [0.2, 0.25) is 0 Å². The Morgan fingerprint density at radius 3 is 2.28 bits per heavy atom. The summed E-state index contributed by atoms with van der Waals surface area (Å²) in [7, 11) is 0. The third-order valence-corrected chi connectivity index (χ3v) is 4.24. The van der Waals surface area contributed by atoms with Crippen molar-refractivity contribution in [2.24, 2.45) is 0 Å². The second-order valence-electron chi connectivity index (χ2n) is 6.59. The molecule has 0 spiro atoms. The molecule has 3 N–H and O–H groups in total. The quantitative estimate of drug-likeness (QED) is 0.541. The molecule has 0 saturated carbocycles. The van der Waals surface area contributed by atoms with E-state index in [1.165, 1.54) is 0 Å². The predicted octanol–water partition coefficient (Wildman–Crippen LogP) is 4.05. The van der Waals surface area contributed by atoms with Gasteiger partial charge >= 0.3 is 0 Å². The fourth-order valence-electron chi connectivity index (χ4n) is 2.44. The SMILES string of the molecule is CCCC(=O)Nc1ccc(C(=O)NNC(=O)c2cc(Br)ccc2OC(C)C)cc1. The molecule has 0 aromatic heterocycles. The number of amides is 3. The van der Waals surface area contributed by atoms with Crippen LogP contribution in [0.3, 0.4) is 0 Å². The number of halogens is 1. The second-order valence-corrected chi connectivity index (χ2v) is 7.51. The second kappa shape index (κ2) is 10.6. The average molecular weight is 462 g/mol. The third-order valence-electron chi connectivity index (χ3n) is 3.75.